The van der Waals surface area contributed by atoms with Gasteiger partial charge in [0, 0.05) is 6.54 Å². The van der Waals surface area contributed by atoms with E-state index in [2.05, 4.69) is 5.43 Å². The lowest BCUT2D eigenvalue weighted by molar-refractivity contribution is -0.121. The van der Waals surface area contributed by atoms with Crippen LogP contribution in [0.3, 0.4) is 0 Å². The molecule has 1 aromatic rings. The average Bonchev–Trinajstić information content (AvgIpc) is 2.59. The van der Waals surface area contributed by atoms with Crippen LogP contribution in [0.2, 0.25) is 0 Å². The van der Waals surface area contributed by atoms with Crippen LogP contribution in [0.5, 0.6) is 0 Å². The molecule has 1 heterocycles. The number of hydrazine groups is 1. The second-order valence-electron chi connectivity index (χ2n) is 3.86. The van der Waals surface area contributed by atoms with Gasteiger partial charge in [-0.05, 0) is 17.7 Å². The molecule has 0 bridgehead atoms. The number of amides is 1. The van der Waals surface area contributed by atoms with Crippen molar-refractivity contribution in [1.29, 1.82) is 0 Å². The van der Waals surface area contributed by atoms with Gasteiger partial charge in [0.05, 0.1) is 18.2 Å². The van der Waals surface area contributed by atoms with Gasteiger partial charge in [-0.1, -0.05) is 19.1 Å². The molecular formula is C11H15N3O. The zero-order valence-electron chi connectivity index (χ0n) is 8.73. The highest BCUT2D eigenvalue weighted by molar-refractivity contribution is 5.83. The van der Waals surface area contributed by atoms with Crippen molar-refractivity contribution in [2.45, 2.75) is 13.5 Å². The van der Waals surface area contributed by atoms with Crippen LogP contribution in [0, 0.1) is 5.92 Å². The molecule has 0 aromatic heterocycles. The summed E-state index contributed by atoms with van der Waals surface area (Å²) in [6, 6.07) is 7.90. The standard InChI is InChI=1S/C11H15N3O/c1-8-7-14(13-11(8)15)10-4-2-3-9(5-10)6-12/h2-5,8H,6-7,12H2,1H3,(H,13,15). The summed E-state index contributed by atoms with van der Waals surface area (Å²) in [6.45, 7) is 3.15. The zero-order chi connectivity index (χ0) is 10.8. The molecular weight excluding hydrogens is 190 g/mol. The number of hydrogen-bond acceptors (Lipinski definition) is 3. The van der Waals surface area contributed by atoms with E-state index in [0.717, 1.165) is 11.3 Å². The molecule has 0 radical (unpaired) electrons. The third kappa shape index (κ3) is 1.94. The summed E-state index contributed by atoms with van der Waals surface area (Å²) in [5.74, 6) is 0.125. The summed E-state index contributed by atoms with van der Waals surface area (Å²) in [6.07, 6.45) is 0. The quantitative estimate of drug-likeness (QED) is 0.744. The van der Waals surface area contributed by atoms with Gasteiger partial charge in [-0.15, -0.1) is 0 Å². The van der Waals surface area contributed by atoms with Gasteiger partial charge < -0.3 is 5.73 Å². The Balaban J connectivity index is 2.19. The number of benzene rings is 1. The number of anilines is 1. The largest absolute Gasteiger partial charge is 0.326 e. The van der Waals surface area contributed by atoms with Gasteiger partial charge in [-0.25, -0.2) is 0 Å². The normalized spacial score (nSPS) is 20.5. The predicted molar refractivity (Wildman–Crippen MR) is 59.0 cm³/mol. The van der Waals surface area contributed by atoms with Crippen LogP contribution < -0.4 is 16.2 Å². The SMILES string of the molecule is CC1CN(c2cccc(CN)c2)NC1=O. The Morgan fingerprint density at radius 1 is 1.60 bits per heavy atom. The van der Waals surface area contributed by atoms with E-state index in [0.29, 0.717) is 13.1 Å². The van der Waals surface area contributed by atoms with Crippen molar-refractivity contribution in [2.75, 3.05) is 11.6 Å². The summed E-state index contributed by atoms with van der Waals surface area (Å²) >= 11 is 0. The number of nitrogens with one attached hydrogen (secondary N) is 1. The Morgan fingerprint density at radius 2 is 2.40 bits per heavy atom. The van der Waals surface area contributed by atoms with Crippen molar-refractivity contribution in [1.82, 2.24) is 5.43 Å². The van der Waals surface area contributed by atoms with Gasteiger partial charge in [0.15, 0.2) is 0 Å². The van der Waals surface area contributed by atoms with Gasteiger partial charge in [-0.2, -0.15) is 0 Å². The van der Waals surface area contributed by atoms with Gasteiger partial charge >= 0.3 is 0 Å². The minimum Gasteiger partial charge on any atom is -0.326 e. The number of nitrogens with zero attached hydrogens (tertiary/aromatic N) is 1. The lowest BCUT2D eigenvalue weighted by Crippen LogP contribution is -2.32. The number of nitrogens with two attached hydrogens (primary N) is 1. The molecule has 1 saturated heterocycles. The molecule has 4 nitrogen and oxygen atoms in total. The highest BCUT2D eigenvalue weighted by Gasteiger charge is 2.26. The van der Waals surface area contributed by atoms with E-state index in [1.165, 1.54) is 0 Å². The second-order valence-corrected chi connectivity index (χ2v) is 3.86. The van der Waals surface area contributed by atoms with Crippen molar-refractivity contribution >= 4 is 11.6 Å². The van der Waals surface area contributed by atoms with Crippen molar-refractivity contribution in [3.05, 3.63) is 29.8 Å². The lowest BCUT2D eigenvalue weighted by Gasteiger charge is -2.17. The molecule has 1 aliphatic rings. The first-order valence-corrected chi connectivity index (χ1v) is 5.08. The maximum Gasteiger partial charge on any atom is 0.243 e. The summed E-state index contributed by atoms with van der Waals surface area (Å²) in [5, 5.41) is 1.87. The van der Waals surface area contributed by atoms with E-state index in [4.69, 9.17) is 5.73 Å². The van der Waals surface area contributed by atoms with Gasteiger partial charge in [0.25, 0.3) is 0 Å². The molecule has 1 aromatic carbocycles. The fourth-order valence-corrected chi connectivity index (χ4v) is 1.67. The Bertz CT molecular complexity index is 378. The minimum atomic E-state index is 0.0477. The molecule has 2 rings (SSSR count). The summed E-state index contributed by atoms with van der Waals surface area (Å²) in [7, 11) is 0. The molecule has 15 heavy (non-hydrogen) atoms. The second kappa shape index (κ2) is 3.90. The summed E-state index contributed by atoms with van der Waals surface area (Å²) in [4.78, 5) is 11.3. The van der Waals surface area contributed by atoms with Crippen LogP contribution in [-0.4, -0.2) is 12.5 Å². The Kier molecular flexibility index (Phi) is 2.60. The first-order chi connectivity index (χ1) is 7.20. The first-order valence-electron chi connectivity index (χ1n) is 5.08. The van der Waals surface area contributed by atoms with Crippen LogP contribution in [0.4, 0.5) is 5.69 Å². The average molecular weight is 205 g/mol. The van der Waals surface area contributed by atoms with Crippen LogP contribution in [0.25, 0.3) is 0 Å². The molecule has 3 N–H and O–H groups in total. The van der Waals surface area contributed by atoms with Crippen LogP contribution in [-0.2, 0) is 11.3 Å². The molecule has 1 unspecified atom stereocenters. The number of carbonyl (C=O) groups excluding carboxylic acids is 1. The summed E-state index contributed by atoms with van der Waals surface area (Å²) in [5.41, 5.74) is 10.5. The van der Waals surface area contributed by atoms with E-state index < -0.39 is 0 Å². The molecule has 0 saturated carbocycles. The molecule has 0 aliphatic carbocycles. The number of rotatable bonds is 2. The first kappa shape index (κ1) is 9.98. The van der Waals surface area contributed by atoms with Gasteiger partial charge in [0.1, 0.15) is 0 Å². The van der Waals surface area contributed by atoms with Crippen molar-refractivity contribution in [2.24, 2.45) is 11.7 Å². The Labute approximate surface area is 89.0 Å². The van der Waals surface area contributed by atoms with E-state index >= 15 is 0 Å². The van der Waals surface area contributed by atoms with E-state index in [9.17, 15) is 4.79 Å². The van der Waals surface area contributed by atoms with E-state index in [1.807, 2.05) is 36.2 Å². The Morgan fingerprint density at radius 3 is 3.00 bits per heavy atom. The molecule has 1 aliphatic heterocycles. The minimum absolute atomic E-state index is 0.0477. The van der Waals surface area contributed by atoms with E-state index in [1.54, 1.807) is 0 Å². The molecule has 1 amide bonds. The van der Waals surface area contributed by atoms with Gasteiger partial charge in [-0.3, -0.25) is 15.2 Å². The third-order valence-corrected chi connectivity index (χ3v) is 2.61. The smallest absolute Gasteiger partial charge is 0.243 e. The fourth-order valence-electron chi connectivity index (χ4n) is 1.67. The third-order valence-electron chi connectivity index (χ3n) is 2.61. The molecule has 0 spiro atoms. The van der Waals surface area contributed by atoms with Crippen LogP contribution in [0.1, 0.15) is 12.5 Å². The topological polar surface area (TPSA) is 58.4 Å². The molecule has 80 valence electrons. The molecule has 1 atom stereocenters. The maximum absolute atomic E-state index is 11.3. The van der Waals surface area contributed by atoms with Crippen molar-refractivity contribution in [3.63, 3.8) is 0 Å². The highest BCUT2D eigenvalue weighted by atomic mass is 16.2. The molecule has 1 fully saturated rings. The highest BCUT2D eigenvalue weighted by Crippen LogP contribution is 2.19. The Hall–Kier alpha value is -1.55. The number of hydrogen-bond donors (Lipinski definition) is 2. The fraction of sp³-hybridized carbons (Fsp3) is 0.364. The van der Waals surface area contributed by atoms with Crippen LogP contribution in [0.15, 0.2) is 24.3 Å². The van der Waals surface area contributed by atoms with Crippen LogP contribution >= 0.6 is 0 Å². The monoisotopic (exact) mass is 205 g/mol. The lowest BCUT2D eigenvalue weighted by atomic mass is 10.1. The number of carbonyl (C=O) groups is 1. The predicted octanol–water partition coefficient (Wildman–Crippen LogP) is 0.633. The molecule has 4 heteroatoms. The van der Waals surface area contributed by atoms with Gasteiger partial charge in [0.2, 0.25) is 5.91 Å². The zero-order valence-corrected chi connectivity index (χ0v) is 8.73. The summed E-state index contributed by atoms with van der Waals surface area (Å²) < 4.78 is 0. The maximum atomic E-state index is 11.3. The van der Waals surface area contributed by atoms with Crippen molar-refractivity contribution < 1.29 is 4.79 Å². The van der Waals surface area contributed by atoms with E-state index in [-0.39, 0.29) is 11.8 Å². The van der Waals surface area contributed by atoms with Crippen molar-refractivity contribution in [3.8, 4) is 0 Å².